The molecule has 1 aromatic carbocycles. The molecule has 21 heavy (non-hydrogen) atoms. The topological polar surface area (TPSA) is 6.48 Å². The van der Waals surface area contributed by atoms with Gasteiger partial charge in [-0.25, -0.2) is 4.31 Å². The average molecular weight is 369 g/mol. The van der Waals surface area contributed by atoms with E-state index in [1.807, 2.05) is 11.9 Å². The molecule has 0 amide bonds. The lowest BCUT2D eigenvalue weighted by molar-refractivity contribution is 0.103. The van der Waals surface area contributed by atoms with Crippen LogP contribution in [-0.2, 0) is 0 Å². The van der Waals surface area contributed by atoms with Crippen LogP contribution in [0.3, 0.4) is 0 Å². The lowest BCUT2D eigenvalue weighted by Gasteiger charge is -2.41. The zero-order valence-corrected chi connectivity index (χ0v) is 15.2. The highest BCUT2D eigenvalue weighted by Gasteiger charge is 2.27. The second-order valence-electron chi connectivity index (χ2n) is 6.40. The number of rotatable bonds is 3. The van der Waals surface area contributed by atoms with E-state index >= 15 is 0 Å². The number of hydrogen-bond donors (Lipinski definition) is 0. The normalized spacial score (nSPS) is 23.5. The van der Waals surface area contributed by atoms with Crippen molar-refractivity contribution in [1.29, 1.82) is 0 Å². The molecule has 116 valence electrons. The maximum atomic E-state index is 3.65. The molecule has 0 N–H and O–H groups in total. The van der Waals surface area contributed by atoms with E-state index in [4.69, 9.17) is 0 Å². The van der Waals surface area contributed by atoms with Crippen LogP contribution < -0.4 is 0 Å². The summed E-state index contributed by atoms with van der Waals surface area (Å²) in [5, 5.41) is 0. The smallest absolute Gasteiger partial charge is 0.0372 e. The second kappa shape index (κ2) is 7.49. The summed E-state index contributed by atoms with van der Waals surface area (Å²) in [6.07, 6.45) is 5.44. The third-order valence-electron chi connectivity index (χ3n) is 4.82. The summed E-state index contributed by atoms with van der Waals surface area (Å²) in [5.41, 5.74) is 0. The van der Waals surface area contributed by atoms with Crippen LogP contribution in [0.25, 0.3) is 0 Å². The number of piperidine rings is 2. The van der Waals surface area contributed by atoms with Crippen LogP contribution in [0.2, 0.25) is 0 Å². The minimum atomic E-state index is 0.827. The van der Waals surface area contributed by atoms with Gasteiger partial charge in [0.1, 0.15) is 0 Å². The first-order valence-corrected chi connectivity index (χ1v) is 9.70. The van der Waals surface area contributed by atoms with Crippen LogP contribution in [0.1, 0.15) is 32.6 Å². The van der Waals surface area contributed by atoms with Gasteiger partial charge in [0.15, 0.2) is 0 Å². The Balaban J connectivity index is 1.48. The quantitative estimate of drug-likeness (QED) is 0.716. The maximum Gasteiger partial charge on any atom is 0.0372 e. The van der Waals surface area contributed by atoms with Crippen molar-refractivity contribution in [3.8, 4) is 0 Å². The largest absolute Gasteiger partial charge is 0.300 e. The molecular formula is C17H25BrN2S. The molecule has 2 aliphatic heterocycles. The first kappa shape index (κ1) is 15.9. The monoisotopic (exact) mass is 368 g/mol. The summed E-state index contributed by atoms with van der Waals surface area (Å²) >= 11 is 5.56. The van der Waals surface area contributed by atoms with Gasteiger partial charge in [-0.1, -0.05) is 19.1 Å². The minimum absolute atomic E-state index is 0.827. The molecule has 2 heterocycles. The van der Waals surface area contributed by atoms with Crippen molar-refractivity contribution in [1.82, 2.24) is 9.21 Å². The Morgan fingerprint density at radius 1 is 1.00 bits per heavy atom. The summed E-state index contributed by atoms with van der Waals surface area (Å²) < 4.78 is 3.74. The first-order valence-electron chi connectivity index (χ1n) is 8.14. The van der Waals surface area contributed by atoms with Crippen molar-refractivity contribution in [3.63, 3.8) is 0 Å². The summed E-state index contributed by atoms with van der Waals surface area (Å²) in [7, 11) is 0. The van der Waals surface area contributed by atoms with Crippen molar-refractivity contribution in [2.75, 3.05) is 26.2 Å². The standard InChI is InChI=1S/C17H25BrN2S/c1-14-6-10-19(11-7-14)15-8-12-20(13-9-15)21-17-5-3-2-4-16(17)18/h2-5,14-15H,6-13H2,1H3. The average Bonchev–Trinajstić information content (AvgIpc) is 2.51. The SMILES string of the molecule is CC1CCN(C2CCN(Sc3ccccc3Br)CC2)CC1. The Bertz CT molecular complexity index is 452. The third-order valence-corrected chi connectivity index (χ3v) is 6.95. The highest BCUT2D eigenvalue weighted by molar-refractivity contribution is 9.10. The van der Waals surface area contributed by atoms with Gasteiger partial charge in [0.05, 0.1) is 0 Å². The van der Waals surface area contributed by atoms with E-state index in [1.54, 1.807) is 0 Å². The molecular weight excluding hydrogens is 344 g/mol. The van der Waals surface area contributed by atoms with Crippen LogP contribution in [0.4, 0.5) is 0 Å². The molecule has 0 aromatic heterocycles. The molecule has 2 aliphatic rings. The van der Waals surface area contributed by atoms with Gasteiger partial charge >= 0.3 is 0 Å². The van der Waals surface area contributed by atoms with Crippen molar-refractivity contribution < 1.29 is 0 Å². The summed E-state index contributed by atoms with van der Waals surface area (Å²) in [6, 6.07) is 9.36. The number of halogens is 1. The molecule has 0 bridgehead atoms. The molecule has 2 saturated heterocycles. The van der Waals surface area contributed by atoms with Gasteiger partial charge in [-0.3, -0.25) is 0 Å². The van der Waals surface area contributed by atoms with Gasteiger partial charge in [-0.05, 0) is 84.7 Å². The summed E-state index contributed by atoms with van der Waals surface area (Å²) in [4.78, 5) is 4.09. The highest BCUT2D eigenvalue weighted by Crippen LogP contribution is 2.33. The Labute approximate surface area is 141 Å². The van der Waals surface area contributed by atoms with Crippen molar-refractivity contribution >= 4 is 27.9 Å². The second-order valence-corrected chi connectivity index (χ2v) is 8.39. The van der Waals surface area contributed by atoms with Crippen LogP contribution in [0.15, 0.2) is 33.6 Å². The summed E-state index contributed by atoms with van der Waals surface area (Å²) in [5.74, 6) is 0.937. The number of nitrogens with zero attached hydrogens (tertiary/aromatic N) is 2. The maximum absolute atomic E-state index is 3.65. The molecule has 0 unspecified atom stereocenters. The van der Waals surface area contributed by atoms with Crippen LogP contribution >= 0.6 is 27.9 Å². The van der Waals surface area contributed by atoms with Crippen LogP contribution in [0.5, 0.6) is 0 Å². The van der Waals surface area contributed by atoms with E-state index in [9.17, 15) is 0 Å². The molecule has 3 rings (SSSR count). The number of likely N-dealkylation sites (tertiary alicyclic amines) is 1. The van der Waals surface area contributed by atoms with E-state index < -0.39 is 0 Å². The van der Waals surface area contributed by atoms with E-state index in [2.05, 4.69) is 56.3 Å². The zero-order valence-electron chi connectivity index (χ0n) is 12.8. The Hall–Kier alpha value is -0.0300. The van der Waals surface area contributed by atoms with Crippen molar-refractivity contribution in [2.24, 2.45) is 5.92 Å². The lowest BCUT2D eigenvalue weighted by Crippen LogP contribution is -2.46. The van der Waals surface area contributed by atoms with Crippen LogP contribution in [0, 0.1) is 5.92 Å². The van der Waals surface area contributed by atoms with Crippen LogP contribution in [-0.4, -0.2) is 41.4 Å². The number of hydrogen-bond acceptors (Lipinski definition) is 3. The molecule has 4 heteroatoms. The van der Waals surface area contributed by atoms with Gasteiger partial charge in [0.2, 0.25) is 0 Å². The fraction of sp³-hybridized carbons (Fsp3) is 0.647. The molecule has 0 spiro atoms. The fourth-order valence-corrected chi connectivity index (χ4v) is 4.82. The summed E-state index contributed by atoms with van der Waals surface area (Å²) in [6.45, 7) is 7.46. The molecule has 2 fully saturated rings. The number of benzene rings is 1. The first-order chi connectivity index (χ1) is 10.2. The molecule has 0 atom stereocenters. The van der Waals surface area contributed by atoms with Gasteiger partial charge in [0.25, 0.3) is 0 Å². The Morgan fingerprint density at radius 3 is 2.33 bits per heavy atom. The van der Waals surface area contributed by atoms with Gasteiger partial charge in [-0.15, -0.1) is 0 Å². The predicted molar refractivity (Wildman–Crippen MR) is 94.6 cm³/mol. The molecule has 0 saturated carbocycles. The fourth-order valence-electron chi connectivity index (χ4n) is 3.35. The van der Waals surface area contributed by atoms with E-state index in [0.717, 1.165) is 12.0 Å². The van der Waals surface area contributed by atoms with E-state index in [0.29, 0.717) is 0 Å². The third kappa shape index (κ3) is 4.25. The Kier molecular flexibility index (Phi) is 5.66. The van der Waals surface area contributed by atoms with Gasteiger partial charge in [-0.2, -0.15) is 0 Å². The van der Waals surface area contributed by atoms with Crippen molar-refractivity contribution in [2.45, 2.75) is 43.5 Å². The lowest BCUT2D eigenvalue weighted by atomic mass is 9.95. The Morgan fingerprint density at radius 2 is 1.67 bits per heavy atom. The van der Waals surface area contributed by atoms with Gasteiger partial charge < -0.3 is 4.90 Å². The van der Waals surface area contributed by atoms with E-state index in [-0.39, 0.29) is 0 Å². The molecule has 0 aliphatic carbocycles. The molecule has 0 radical (unpaired) electrons. The predicted octanol–water partition coefficient (Wildman–Crippen LogP) is 4.65. The molecule has 2 nitrogen and oxygen atoms in total. The van der Waals surface area contributed by atoms with E-state index in [1.165, 1.54) is 61.2 Å². The van der Waals surface area contributed by atoms with Gasteiger partial charge in [0, 0.05) is 28.5 Å². The minimum Gasteiger partial charge on any atom is -0.300 e. The highest BCUT2D eigenvalue weighted by atomic mass is 79.9. The zero-order chi connectivity index (χ0) is 14.7. The molecule has 1 aromatic rings. The van der Waals surface area contributed by atoms with Crippen molar-refractivity contribution in [3.05, 3.63) is 28.7 Å².